The van der Waals surface area contributed by atoms with Gasteiger partial charge in [0.2, 0.25) is 5.91 Å². The zero-order valence-corrected chi connectivity index (χ0v) is 19.2. The predicted molar refractivity (Wildman–Crippen MR) is 126 cm³/mol. The topological polar surface area (TPSA) is 81.3 Å². The standard InChI is InChI=1S/C24H27N5O2S/c1-15-8-11-18-19(12-15)32-23-21(18)22-27-24(31)28(29(22)14-25-23)13-20(30)26-16(2)9-10-17-6-4-3-5-7-17/h3-7,14-16H,8-13H2,1-2H3,(H,26,30)/t15-,16-/m1/s1. The summed E-state index contributed by atoms with van der Waals surface area (Å²) in [7, 11) is 0. The van der Waals surface area contributed by atoms with Gasteiger partial charge in [-0.2, -0.15) is 4.98 Å². The third-order valence-electron chi connectivity index (χ3n) is 6.31. The number of aromatic nitrogens is 4. The Morgan fingerprint density at radius 3 is 2.94 bits per heavy atom. The SMILES string of the molecule is C[C@@H]1CCc2c(sc3ncn4c(nc(=O)n4CC(=O)N[C@H](C)CCc4ccccc4)c23)C1. The van der Waals surface area contributed by atoms with Crippen molar-refractivity contribution in [3.8, 4) is 0 Å². The average Bonchev–Trinajstić information content (AvgIpc) is 3.29. The second-order valence-electron chi connectivity index (χ2n) is 8.89. The molecule has 8 heteroatoms. The van der Waals surface area contributed by atoms with Crippen molar-refractivity contribution in [2.75, 3.05) is 0 Å². The Bertz CT molecular complexity index is 1340. The summed E-state index contributed by atoms with van der Waals surface area (Å²) in [5.74, 6) is 0.467. The summed E-state index contributed by atoms with van der Waals surface area (Å²) in [6, 6.07) is 10.2. The molecule has 3 heterocycles. The van der Waals surface area contributed by atoms with Crippen LogP contribution in [0.15, 0.2) is 41.5 Å². The summed E-state index contributed by atoms with van der Waals surface area (Å²) in [4.78, 5) is 36.5. The molecule has 1 N–H and O–H groups in total. The van der Waals surface area contributed by atoms with Crippen LogP contribution in [0.3, 0.4) is 0 Å². The minimum absolute atomic E-state index is 0.00769. The highest BCUT2D eigenvalue weighted by Crippen LogP contribution is 2.38. The van der Waals surface area contributed by atoms with Gasteiger partial charge in [-0.3, -0.25) is 4.79 Å². The van der Waals surface area contributed by atoms with Crippen LogP contribution in [0, 0.1) is 5.92 Å². The van der Waals surface area contributed by atoms with Crippen molar-refractivity contribution in [3.63, 3.8) is 0 Å². The van der Waals surface area contributed by atoms with Crippen LogP contribution < -0.4 is 11.0 Å². The molecule has 0 bridgehead atoms. The zero-order chi connectivity index (χ0) is 22.2. The number of hydrogen-bond donors (Lipinski definition) is 1. The third kappa shape index (κ3) is 3.95. The van der Waals surface area contributed by atoms with E-state index in [0.29, 0.717) is 11.6 Å². The van der Waals surface area contributed by atoms with Crippen molar-refractivity contribution in [1.82, 2.24) is 24.5 Å². The quantitative estimate of drug-likeness (QED) is 0.489. The van der Waals surface area contributed by atoms with Gasteiger partial charge in [-0.25, -0.2) is 19.0 Å². The van der Waals surface area contributed by atoms with Gasteiger partial charge in [0.05, 0.1) is 5.39 Å². The molecule has 5 rings (SSSR count). The zero-order valence-electron chi connectivity index (χ0n) is 18.4. The summed E-state index contributed by atoms with van der Waals surface area (Å²) in [5, 5.41) is 3.99. The van der Waals surface area contributed by atoms with Crippen LogP contribution in [0.4, 0.5) is 0 Å². The van der Waals surface area contributed by atoms with E-state index in [-0.39, 0.29) is 18.5 Å². The van der Waals surface area contributed by atoms with Crippen LogP contribution in [0.2, 0.25) is 0 Å². The van der Waals surface area contributed by atoms with E-state index in [1.807, 2.05) is 25.1 Å². The van der Waals surface area contributed by atoms with Crippen LogP contribution in [0.5, 0.6) is 0 Å². The molecule has 3 aromatic heterocycles. The molecule has 1 aliphatic rings. The first kappa shape index (κ1) is 20.9. The number of benzene rings is 1. The third-order valence-corrected chi connectivity index (χ3v) is 7.47. The summed E-state index contributed by atoms with van der Waals surface area (Å²) in [5.41, 5.74) is 2.71. The number of thiophene rings is 1. The van der Waals surface area contributed by atoms with Gasteiger partial charge in [-0.15, -0.1) is 11.3 Å². The summed E-state index contributed by atoms with van der Waals surface area (Å²) >= 11 is 1.70. The molecule has 0 radical (unpaired) electrons. The smallest absolute Gasteiger partial charge is 0.352 e. The van der Waals surface area contributed by atoms with Crippen LogP contribution in [0.25, 0.3) is 15.9 Å². The van der Waals surface area contributed by atoms with E-state index in [1.165, 1.54) is 20.7 Å². The fourth-order valence-corrected chi connectivity index (χ4v) is 5.90. The lowest BCUT2D eigenvalue weighted by atomic mass is 9.89. The highest BCUT2D eigenvalue weighted by molar-refractivity contribution is 7.19. The van der Waals surface area contributed by atoms with Gasteiger partial charge in [-0.1, -0.05) is 37.3 Å². The highest BCUT2D eigenvalue weighted by atomic mass is 32.1. The molecule has 7 nitrogen and oxygen atoms in total. The first-order valence-corrected chi connectivity index (χ1v) is 12.0. The van der Waals surface area contributed by atoms with Crippen LogP contribution in [-0.4, -0.2) is 31.1 Å². The van der Waals surface area contributed by atoms with Gasteiger partial charge in [0, 0.05) is 10.9 Å². The molecule has 166 valence electrons. The Balaban J connectivity index is 1.35. The maximum absolute atomic E-state index is 12.7. The van der Waals surface area contributed by atoms with Crippen LogP contribution in [-0.2, 0) is 30.6 Å². The van der Waals surface area contributed by atoms with E-state index in [1.54, 1.807) is 22.2 Å². The molecule has 32 heavy (non-hydrogen) atoms. The van der Waals surface area contributed by atoms with Gasteiger partial charge in [0.25, 0.3) is 0 Å². The number of nitrogens with one attached hydrogen (secondary N) is 1. The van der Waals surface area contributed by atoms with Crippen LogP contribution >= 0.6 is 11.3 Å². The normalized spacial score (nSPS) is 16.9. The molecule has 0 aliphatic heterocycles. The minimum Gasteiger partial charge on any atom is -0.352 e. The molecule has 1 amide bonds. The first-order chi connectivity index (χ1) is 15.5. The minimum atomic E-state index is -0.421. The number of aryl methyl sites for hydroxylation is 2. The summed E-state index contributed by atoms with van der Waals surface area (Å²) in [6.45, 7) is 4.18. The number of carbonyl (C=O) groups is 1. The molecule has 4 aromatic rings. The second kappa shape index (κ2) is 8.50. The van der Waals surface area contributed by atoms with Gasteiger partial charge in [0.15, 0.2) is 5.65 Å². The fraction of sp³-hybridized carbons (Fsp3) is 0.417. The number of carbonyl (C=O) groups excluding carboxylic acids is 1. The molecule has 0 saturated heterocycles. The maximum Gasteiger partial charge on any atom is 0.365 e. The molecule has 0 saturated carbocycles. The average molecular weight is 450 g/mol. The molecule has 0 unspecified atom stereocenters. The van der Waals surface area contributed by atoms with Crippen molar-refractivity contribution in [3.05, 3.63) is 63.1 Å². The van der Waals surface area contributed by atoms with Crippen molar-refractivity contribution in [1.29, 1.82) is 0 Å². The molecule has 2 atom stereocenters. The number of rotatable bonds is 6. The Morgan fingerprint density at radius 1 is 1.31 bits per heavy atom. The Kier molecular flexibility index (Phi) is 5.55. The number of nitrogens with zero attached hydrogens (tertiary/aromatic N) is 4. The number of hydrogen-bond acceptors (Lipinski definition) is 5. The van der Waals surface area contributed by atoms with Crippen molar-refractivity contribution >= 4 is 33.1 Å². The first-order valence-electron chi connectivity index (χ1n) is 11.2. The van der Waals surface area contributed by atoms with Gasteiger partial charge in [-0.05, 0) is 56.1 Å². The van der Waals surface area contributed by atoms with E-state index in [0.717, 1.165) is 42.3 Å². The molecule has 1 aliphatic carbocycles. The fourth-order valence-electron chi connectivity index (χ4n) is 4.56. The maximum atomic E-state index is 12.7. The molecular formula is C24H27N5O2S. The van der Waals surface area contributed by atoms with E-state index in [9.17, 15) is 9.59 Å². The molecule has 0 spiro atoms. The number of fused-ring (bicyclic) bond motifs is 5. The molecule has 1 aromatic carbocycles. The Labute approximate surface area is 190 Å². The van der Waals surface area contributed by atoms with E-state index in [4.69, 9.17) is 0 Å². The van der Waals surface area contributed by atoms with Crippen molar-refractivity contribution in [2.45, 2.75) is 58.5 Å². The van der Waals surface area contributed by atoms with Gasteiger partial charge in [0.1, 0.15) is 17.7 Å². The predicted octanol–water partition coefficient (Wildman–Crippen LogP) is 3.37. The summed E-state index contributed by atoms with van der Waals surface area (Å²) < 4.78 is 3.01. The van der Waals surface area contributed by atoms with E-state index >= 15 is 0 Å². The summed E-state index contributed by atoms with van der Waals surface area (Å²) in [6.07, 6.45) is 6.51. The van der Waals surface area contributed by atoms with Gasteiger partial charge < -0.3 is 5.32 Å². The lowest BCUT2D eigenvalue weighted by Crippen LogP contribution is -2.38. The van der Waals surface area contributed by atoms with Crippen LogP contribution in [0.1, 0.15) is 42.7 Å². The molecule has 0 fully saturated rings. The monoisotopic (exact) mass is 449 g/mol. The van der Waals surface area contributed by atoms with Gasteiger partial charge >= 0.3 is 5.69 Å². The lowest BCUT2D eigenvalue weighted by Gasteiger charge is -2.17. The highest BCUT2D eigenvalue weighted by Gasteiger charge is 2.24. The Morgan fingerprint density at radius 2 is 2.12 bits per heavy atom. The molecular weight excluding hydrogens is 422 g/mol. The lowest BCUT2D eigenvalue weighted by molar-refractivity contribution is -0.122. The second-order valence-corrected chi connectivity index (χ2v) is 9.97. The largest absolute Gasteiger partial charge is 0.365 e. The number of amides is 1. The van der Waals surface area contributed by atoms with E-state index < -0.39 is 5.69 Å². The van der Waals surface area contributed by atoms with E-state index in [2.05, 4.69) is 34.3 Å². The van der Waals surface area contributed by atoms with Crippen molar-refractivity contribution < 1.29 is 4.79 Å². The Hall–Kier alpha value is -3.00. The van der Waals surface area contributed by atoms with Crippen molar-refractivity contribution in [2.24, 2.45) is 5.92 Å².